The summed E-state index contributed by atoms with van der Waals surface area (Å²) in [6.07, 6.45) is 11.5. The van der Waals surface area contributed by atoms with E-state index in [0.717, 1.165) is 6.54 Å². The zero-order chi connectivity index (χ0) is 10.4. The highest BCUT2D eigenvalue weighted by atomic mass is 16.1. The van der Waals surface area contributed by atoms with Gasteiger partial charge in [0.2, 0.25) is 0 Å². The lowest BCUT2D eigenvalue weighted by atomic mass is 10.1. The Morgan fingerprint density at radius 1 is 1.36 bits per heavy atom. The van der Waals surface area contributed by atoms with Gasteiger partial charge in [0.05, 0.1) is 0 Å². The van der Waals surface area contributed by atoms with E-state index in [1.807, 2.05) is 24.4 Å². The molecule has 0 amide bonds. The van der Waals surface area contributed by atoms with Gasteiger partial charge < -0.3 is 4.90 Å². The third-order valence-corrected chi connectivity index (χ3v) is 2.48. The molecule has 0 aliphatic carbocycles. The van der Waals surface area contributed by atoms with Crippen LogP contribution in [0.15, 0.2) is 24.4 Å². The van der Waals surface area contributed by atoms with E-state index in [1.54, 1.807) is 6.92 Å². The fourth-order valence-electron chi connectivity index (χ4n) is 1.66. The van der Waals surface area contributed by atoms with E-state index < -0.39 is 0 Å². The lowest BCUT2D eigenvalue weighted by Crippen LogP contribution is -2.36. The SMILES string of the molecule is CCCCCN1C=CC=CC1C(C)=O. The third-order valence-electron chi connectivity index (χ3n) is 2.48. The van der Waals surface area contributed by atoms with Gasteiger partial charge in [-0.15, -0.1) is 0 Å². The summed E-state index contributed by atoms with van der Waals surface area (Å²) in [5, 5.41) is 0. The molecular formula is C12H19NO. The fourth-order valence-corrected chi connectivity index (χ4v) is 1.66. The predicted octanol–water partition coefficient (Wildman–Crippen LogP) is 2.52. The first-order chi connectivity index (χ1) is 6.75. The van der Waals surface area contributed by atoms with Gasteiger partial charge in [0, 0.05) is 12.7 Å². The van der Waals surface area contributed by atoms with Crippen LogP contribution in [0, 0.1) is 0 Å². The van der Waals surface area contributed by atoms with Crippen LogP contribution < -0.4 is 0 Å². The number of allylic oxidation sites excluding steroid dienone is 2. The Kier molecular flexibility index (Phi) is 4.44. The second-order valence-electron chi connectivity index (χ2n) is 3.73. The van der Waals surface area contributed by atoms with E-state index in [1.165, 1.54) is 19.3 Å². The molecule has 0 aromatic heterocycles. The van der Waals surface area contributed by atoms with Crippen LogP contribution in [0.3, 0.4) is 0 Å². The molecular weight excluding hydrogens is 174 g/mol. The molecule has 0 fully saturated rings. The van der Waals surface area contributed by atoms with E-state index in [4.69, 9.17) is 0 Å². The number of rotatable bonds is 5. The first kappa shape index (κ1) is 11.0. The smallest absolute Gasteiger partial charge is 0.156 e. The fraction of sp³-hybridized carbons (Fsp3) is 0.583. The first-order valence-electron chi connectivity index (χ1n) is 5.37. The lowest BCUT2D eigenvalue weighted by molar-refractivity contribution is -0.119. The maximum absolute atomic E-state index is 11.3. The molecule has 1 unspecified atom stereocenters. The first-order valence-corrected chi connectivity index (χ1v) is 5.37. The Labute approximate surface area is 86.3 Å². The number of unbranched alkanes of at least 4 members (excludes halogenated alkanes) is 2. The number of Topliss-reactive ketones (excluding diaryl/α,β-unsaturated/α-hetero) is 1. The van der Waals surface area contributed by atoms with E-state index >= 15 is 0 Å². The molecule has 1 heterocycles. The van der Waals surface area contributed by atoms with Gasteiger partial charge in [0.15, 0.2) is 5.78 Å². The molecule has 0 spiro atoms. The van der Waals surface area contributed by atoms with Crippen LogP contribution in [0.1, 0.15) is 33.1 Å². The summed E-state index contributed by atoms with van der Waals surface area (Å²) in [5.74, 6) is 0.224. The van der Waals surface area contributed by atoms with E-state index in [-0.39, 0.29) is 11.8 Å². The van der Waals surface area contributed by atoms with Crippen LogP contribution in [-0.4, -0.2) is 23.3 Å². The number of nitrogens with zero attached hydrogens (tertiary/aromatic N) is 1. The van der Waals surface area contributed by atoms with Gasteiger partial charge in [-0.1, -0.05) is 31.9 Å². The van der Waals surface area contributed by atoms with E-state index in [0.29, 0.717) is 0 Å². The minimum absolute atomic E-state index is 0.0307. The molecule has 78 valence electrons. The molecule has 2 heteroatoms. The van der Waals surface area contributed by atoms with Gasteiger partial charge in [0.1, 0.15) is 6.04 Å². The van der Waals surface area contributed by atoms with Gasteiger partial charge in [-0.25, -0.2) is 0 Å². The highest BCUT2D eigenvalue weighted by Gasteiger charge is 2.17. The molecule has 1 aliphatic rings. The Morgan fingerprint density at radius 3 is 2.79 bits per heavy atom. The molecule has 2 nitrogen and oxygen atoms in total. The molecule has 0 N–H and O–H groups in total. The molecule has 0 saturated heterocycles. The van der Waals surface area contributed by atoms with Gasteiger partial charge >= 0.3 is 0 Å². The number of hydrogen-bond donors (Lipinski definition) is 0. The topological polar surface area (TPSA) is 20.3 Å². The normalized spacial score (nSPS) is 20.1. The summed E-state index contributed by atoms with van der Waals surface area (Å²) >= 11 is 0. The van der Waals surface area contributed by atoms with Gasteiger partial charge in [-0.05, 0) is 19.4 Å². The van der Waals surface area contributed by atoms with Gasteiger partial charge in [-0.2, -0.15) is 0 Å². The summed E-state index contributed by atoms with van der Waals surface area (Å²) in [6, 6.07) is -0.0307. The molecule has 1 rings (SSSR count). The summed E-state index contributed by atoms with van der Waals surface area (Å²) in [5.41, 5.74) is 0. The quantitative estimate of drug-likeness (QED) is 0.625. The molecule has 1 aliphatic heterocycles. The highest BCUT2D eigenvalue weighted by Crippen LogP contribution is 2.11. The Bertz CT molecular complexity index is 243. The zero-order valence-corrected chi connectivity index (χ0v) is 9.07. The van der Waals surface area contributed by atoms with Crippen molar-refractivity contribution >= 4 is 5.78 Å². The van der Waals surface area contributed by atoms with Crippen LogP contribution in [0.5, 0.6) is 0 Å². The van der Waals surface area contributed by atoms with Crippen molar-refractivity contribution in [3.05, 3.63) is 24.4 Å². The molecule has 14 heavy (non-hydrogen) atoms. The maximum atomic E-state index is 11.3. The average molecular weight is 193 g/mol. The Morgan fingerprint density at radius 2 is 2.14 bits per heavy atom. The molecule has 0 bridgehead atoms. The zero-order valence-electron chi connectivity index (χ0n) is 9.07. The molecule has 0 saturated carbocycles. The maximum Gasteiger partial charge on any atom is 0.156 e. The van der Waals surface area contributed by atoms with Crippen molar-refractivity contribution in [2.75, 3.05) is 6.54 Å². The average Bonchev–Trinajstić information content (AvgIpc) is 2.19. The summed E-state index contributed by atoms with van der Waals surface area (Å²) in [4.78, 5) is 13.4. The molecule has 0 aromatic rings. The number of ketones is 1. The number of carbonyl (C=O) groups excluding carboxylic acids is 1. The Balaban J connectivity index is 2.44. The van der Waals surface area contributed by atoms with Crippen LogP contribution in [0.2, 0.25) is 0 Å². The van der Waals surface area contributed by atoms with Crippen molar-refractivity contribution in [1.29, 1.82) is 0 Å². The van der Waals surface area contributed by atoms with E-state index in [9.17, 15) is 4.79 Å². The van der Waals surface area contributed by atoms with Crippen LogP contribution in [0.4, 0.5) is 0 Å². The van der Waals surface area contributed by atoms with Gasteiger partial charge in [-0.3, -0.25) is 4.79 Å². The molecule has 0 radical (unpaired) electrons. The molecule has 1 atom stereocenters. The monoisotopic (exact) mass is 193 g/mol. The largest absolute Gasteiger partial charge is 0.364 e. The Hall–Kier alpha value is -1.05. The number of carbonyl (C=O) groups is 1. The van der Waals surface area contributed by atoms with E-state index in [2.05, 4.69) is 11.8 Å². The van der Waals surface area contributed by atoms with Crippen molar-refractivity contribution in [2.45, 2.75) is 39.2 Å². The summed E-state index contributed by atoms with van der Waals surface area (Å²) in [6.45, 7) is 4.83. The second kappa shape index (κ2) is 5.63. The second-order valence-corrected chi connectivity index (χ2v) is 3.73. The van der Waals surface area contributed by atoms with Crippen LogP contribution in [0.25, 0.3) is 0 Å². The van der Waals surface area contributed by atoms with Crippen molar-refractivity contribution in [1.82, 2.24) is 4.90 Å². The van der Waals surface area contributed by atoms with Gasteiger partial charge in [0.25, 0.3) is 0 Å². The van der Waals surface area contributed by atoms with Crippen molar-refractivity contribution in [3.63, 3.8) is 0 Å². The third kappa shape index (κ3) is 3.02. The lowest BCUT2D eigenvalue weighted by Gasteiger charge is -2.28. The van der Waals surface area contributed by atoms with Crippen molar-refractivity contribution in [3.8, 4) is 0 Å². The highest BCUT2D eigenvalue weighted by molar-refractivity contribution is 5.83. The standard InChI is InChI=1S/C12H19NO/c1-3-4-6-9-13-10-7-5-8-12(13)11(2)14/h5,7-8,10,12H,3-4,6,9H2,1-2H3. The predicted molar refractivity (Wildman–Crippen MR) is 59.0 cm³/mol. The minimum Gasteiger partial charge on any atom is -0.364 e. The summed E-state index contributed by atoms with van der Waals surface area (Å²) in [7, 11) is 0. The number of hydrogen-bond acceptors (Lipinski definition) is 2. The summed E-state index contributed by atoms with van der Waals surface area (Å²) < 4.78 is 0. The van der Waals surface area contributed by atoms with Crippen molar-refractivity contribution < 1.29 is 4.79 Å². The van der Waals surface area contributed by atoms with Crippen molar-refractivity contribution in [2.24, 2.45) is 0 Å². The molecule has 0 aromatic carbocycles. The minimum atomic E-state index is -0.0307. The van der Waals surface area contributed by atoms with Crippen LogP contribution >= 0.6 is 0 Å². The van der Waals surface area contributed by atoms with Crippen LogP contribution in [-0.2, 0) is 4.79 Å².